The Balaban J connectivity index is 1.67. The van der Waals surface area contributed by atoms with Gasteiger partial charge in [-0.15, -0.1) is 0 Å². The largest absolute Gasteiger partial charge is 0.393 e. The van der Waals surface area contributed by atoms with Gasteiger partial charge in [-0.1, -0.05) is 63.0 Å². The van der Waals surface area contributed by atoms with Crippen molar-refractivity contribution < 1.29 is 19.1 Å². The molecule has 204 valence electrons. The van der Waals surface area contributed by atoms with Crippen LogP contribution in [0.1, 0.15) is 70.4 Å². The van der Waals surface area contributed by atoms with Crippen LogP contribution < -0.4 is 10.6 Å². The fraction of sp³-hybridized carbons (Fsp3) is 0.533. The molecule has 1 amide bonds. The predicted octanol–water partition coefficient (Wildman–Crippen LogP) is 6.25. The Bertz CT molecular complexity index is 1270. The minimum absolute atomic E-state index is 0.00672. The lowest BCUT2D eigenvalue weighted by Gasteiger charge is -2.37. The van der Waals surface area contributed by atoms with Crippen LogP contribution in [0.2, 0.25) is 10.0 Å². The quantitative estimate of drug-likeness (QED) is 0.404. The Labute approximate surface area is 233 Å². The van der Waals surface area contributed by atoms with Crippen LogP contribution in [0.25, 0.3) is 0 Å². The lowest BCUT2D eigenvalue weighted by atomic mass is 9.62. The summed E-state index contributed by atoms with van der Waals surface area (Å²) in [6.45, 7) is 8.27. The van der Waals surface area contributed by atoms with Gasteiger partial charge in [0.2, 0.25) is 5.91 Å². The second-order valence-corrected chi connectivity index (χ2v) is 13.5. The minimum atomic E-state index is -1.25. The van der Waals surface area contributed by atoms with Crippen molar-refractivity contribution >= 4 is 40.6 Å². The Morgan fingerprint density at radius 1 is 1.18 bits per heavy atom. The highest BCUT2D eigenvalue weighted by Gasteiger charge is 2.65. The zero-order valence-corrected chi connectivity index (χ0v) is 23.7. The lowest BCUT2D eigenvalue weighted by Crippen LogP contribution is -2.49. The van der Waals surface area contributed by atoms with Crippen molar-refractivity contribution in [2.24, 2.45) is 17.3 Å². The molecule has 1 unspecified atom stereocenters. The van der Waals surface area contributed by atoms with Gasteiger partial charge in [-0.05, 0) is 71.9 Å². The number of amides is 1. The van der Waals surface area contributed by atoms with Crippen LogP contribution in [0.5, 0.6) is 0 Å². The van der Waals surface area contributed by atoms with Crippen LogP contribution in [0.15, 0.2) is 36.4 Å². The summed E-state index contributed by atoms with van der Waals surface area (Å²) in [6, 6.07) is 8.93. The highest BCUT2D eigenvalue weighted by Crippen LogP contribution is 2.57. The van der Waals surface area contributed by atoms with E-state index < -0.39 is 35.3 Å². The third kappa shape index (κ3) is 4.68. The zero-order valence-electron chi connectivity index (χ0n) is 22.2. The molecule has 0 aromatic heterocycles. The van der Waals surface area contributed by atoms with Crippen molar-refractivity contribution in [2.45, 2.75) is 82.9 Å². The van der Waals surface area contributed by atoms with Gasteiger partial charge < -0.3 is 15.7 Å². The number of fused-ring (bicyclic) bond motifs is 2. The van der Waals surface area contributed by atoms with Gasteiger partial charge in [0.15, 0.2) is 5.78 Å². The summed E-state index contributed by atoms with van der Waals surface area (Å²) in [4.78, 5) is 28.2. The molecule has 0 radical (unpaired) electrons. The van der Waals surface area contributed by atoms with Crippen molar-refractivity contribution in [1.29, 1.82) is 0 Å². The summed E-state index contributed by atoms with van der Waals surface area (Å²) < 4.78 is 15.0. The Hall–Kier alpha value is -1.99. The molecule has 0 bridgehead atoms. The number of aliphatic hydroxyl groups is 1. The number of hydrogen-bond donors (Lipinski definition) is 3. The molecule has 3 N–H and O–H groups in total. The summed E-state index contributed by atoms with van der Waals surface area (Å²) in [5, 5.41) is 17.3. The van der Waals surface area contributed by atoms with E-state index in [1.807, 2.05) is 19.1 Å². The monoisotopic (exact) mass is 560 g/mol. The smallest absolute Gasteiger partial charge is 0.237 e. The van der Waals surface area contributed by atoms with Crippen molar-refractivity contribution in [1.82, 2.24) is 5.32 Å². The standard InChI is InChI=1S/C30H35Cl2FN2O3/c1-15-8-16(9-23(15)36)10-24(37)27-26(17-6-5-7-18(31)11-17)30(25(35-27)14-29(2,3)4)19-12-21(33)20(32)13-22(19)34-28(30)38/h5-7,11-13,15-16,23,25-27,35-36H,8-10,14H2,1-4H3,(H,34,38)/t15-,16?,23+,25+,26-,27-,30-/m0/s1. The van der Waals surface area contributed by atoms with E-state index in [4.69, 9.17) is 23.2 Å². The van der Waals surface area contributed by atoms with Crippen LogP contribution in [0.4, 0.5) is 10.1 Å². The zero-order chi connectivity index (χ0) is 27.6. The van der Waals surface area contributed by atoms with Gasteiger partial charge in [0.25, 0.3) is 0 Å². The number of nitrogens with one attached hydrogen (secondary N) is 2. The highest BCUT2D eigenvalue weighted by molar-refractivity contribution is 6.31. The van der Waals surface area contributed by atoms with E-state index in [2.05, 4.69) is 31.4 Å². The van der Waals surface area contributed by atoms with E-state index in [0.717, 1.165) is 12.0 Å². The molecule has 1 spiro atoms. The number of rotatable bonds is 5. The molecule has 2 aromatic rings. The fourth-order valence-electron chi connectivity index (χ4n) is 7.12. The number of hydrogen-bond acceptors (Lipinski definition) is 4. The Morgan fingerprint density at radius 2 is 1.92 bits per heavy atom. The van der Waals surface area contributed by atoms with Crippen LogP contribution in [-0.4, -0.2) is 35.0 Å². The topological polar surface area (TPSA) is 78.4 Å². The third-order valence-corrected chi connectivity index (χ3v) is 9.21. The van der Waals surface area contributed by atoms with Crippen LogP contribution in [0, 0.1) is 23.1 Å². The maximum Gasteiger partial charge on any atom is 0.237 e. The maximum atomic E-state index is 15.0. The van der Waals surface area contributed by atoms with E-state index in [1.54, 1.807) is 12.1 Å². The first-order valence-corrected chi connectivity index (χ1v) is 14.1. The van der Waals surface area contributed by atoms with Gasteiger partial charge in [0.05, 0.1) is 17.2 Å². The first-order chi connectivity index (χ1) is 17.8. The molecule has 38 heavy (non-hydrogen) atoms. The van der Waals surface area contributed by atoms with Gasteiger partial charge in [-0.2, -0.15) is 0 Å². The SMILES string of the molecule is C[C@H]1CC(CC(=O)[C@@H]2N[C@H](CC(C)(C)C)[C@]3(C(=O)Nc4cc(Cl)c(F)cc43)[C@H]2c2cccc(Cl)c2)C[C@H]1O. The van der Waals surface area contributed by atoms with Crippen molar-refractivity contribution in [3.63, 3.8) is 0 Å². The summed E-state index contributed by atoms with van der Waals surface area (Å²) in [5.41, 5.74) is 0.284. The third-order valence-electron chi connectivity index (χ3n) is 8.68. The summed E-state index contributed by atoms with van der Waals surface area (Å²) >= 11 is 12.5. The molecule has 5 rings (SSSR count). The first-order valence-electron chi connectivity index (χ1n) is 13.3. The summed E-state index contributed by atoms with van der Waals surface area (Å²) in [7, 11) is 0. The van der Waals surface area contributed by atoms with Crippen LogP contribution >= 0.6 is 23.2 Å². The van der Waals surface area contributed by atoms with Gasteiger partial charge in [0, 0.05) is 29.1 Å². The normalized spacial score (nSPS) is 32.6. The summed E-state index contributed by atoms with van der Waals surface area (Å²) in [6.07, 6.45) is 1.84. The van der Waals surface area contributed by atoms with Crippen molar-refractivity contribution in [3.05, 3.63) is 63.4 Å². The molecule has 1 saturated carbocycles. The van der Waals surface area contributed by atoms with E-state index in [0.29, 0.717) is 35.5 Å². The first kappa shape index (κ1) is 27.6. The van der Waals surface area contributed by atoms with E-state index in [1.165, 1.54) is 12.1 Å². The number of Topliss-reactive ketones (excluding diaryl/α,β-unsaturated/α-hetero) is 1. The minimum Gasteiger partial charge on any atom is -0.393 e. The van der Waals surface area contributed by atoms with Gasteiger partial charge in [0.1, 0.15) is 11.2 Å². The molecule has 3 aliphatic rings. The number of benzene rings is 2. The molecular formula is C30H35Cl2FN2O3. The molecule has 2 aromatic carbocycles. The molecule has 1 aliphatic carbocycles. The molecule has 2 aliphatic heterocycles. The Morgan fingerprint density at radius 3 is 2.55 bits per heavy atom. The predicted molar refractivity (Wildman–Crippen MR) is 148 cm³/mol. The Kier molecular flexibility index (Phi) is 7.17. The number of carbonyl (C=O) groups is 2. The summed E-state index contributed by atoms with van der Waals surface area (Å²) in [5.74, 6) is -1.29. The van der Waals surface area contributed by atoms with E-state index in [-0.39, 0.29) is 34.0 Å². The van der Waals surface area contributed by atoms with Gasteiger partial charge >= 0.3 is 0 Å². The van der Waals surface area contributed by atoms with Crippen molar-refractivity contribution in [2.75, 3.05) is 5.32 Å². The highest BCUT2D eigenvalue weighted by atomic mass is 35.5. The van der Waals surface area contributed by atoms with Gasteiger partial charge in [-0.25, -0.2) is 4.39 Å². The maximum absolute atomic E-state index is 15.0. The van der Waals surface area contributed by atoms with E-state index in [9.17, 15) is 19.1 Å². The molecular weight excluding hydrogens is 526 g/mol. The van der Waals surface area contributed by atoms with Crippen molar-refractivity contribution in [3.8, 4) is 0 Å². The van der Waals surface area contributed by atoms with Crippen LogP contribution in [-0.2, 0) is 15.0 Å². The van der Waals surface area contributed by atoms with Gasteiger partial charge in [-0.3, -0.25) is 9.59 Å². The second-order valence-electron chi connectivity index (χ2n) is 12.7. The molecule has 5 nitrogen and oxygen atoms in total. The second kappa shape index (κ2) is 9.88. The van der Waals surface area contributed by atoms with Crippen LogP contribution in [0.3, 0.4) is 0 Å². The lowest BCUT2D eigenvalue weighted by molar-refractivity contribution is -0.123. The average molecular weight is 562 g/mol. The number of anilines is 1. The number of carbonyl (C=O) groups excluding carboxylic acids is 2. The molecule has 7 atom stereocenters. The number of ketones is 1. The molecule has 2 heterocycles. The number of aliphatic hydroxyl groups excluding tert-OH is 1. The molecule has 8 heteroatoms. The fourth-order valence-corrected chi connectivity index (χ4v) is 7.48. The molecule has 1 saturated heterocycles. The average Bonchev–Trinajstić information content (AvgIpc) is 3.40. The molecule has 2 fully saturated rings. The van der Waals surface area contributed by atoms with E-state index >= 15 is 0 Å². The number of halogens is 3.